The third-order valence-corrected chi connectivity index (χ3v) is 4.88. The molecule has 2 heterocycles. The molecule has 4 heteroatoms. The Kier molecular flexibility index (Phi) is 5.12. The molecule has 0 aromatic carbocycles. The van der Waals surface area contributed by atoms with E-state index in [1.807, 2.05) is 29.1 Å². The van der Waals surface area contributed by atoms with Gasteiger partial charge in [0, 0.05) is 11.1 Å². The average Bonchev–Trinajstić information content (AvgIpc) is 3.09. The monoisotopic (exact) mass is 290 g/mol. The summed E-state index contributed by atoms with van der Waals surface area (Å²) >= 11 is 1.60. The number of nitrogens with zero attached hydrogens (tertiary/aromatic N) is 2. The number of ketones is 1. The zero-order valence-corrected chi connectivity index (χ0v) is 13.2. The van der Waals surface area contributed by atoms with E-state index in [2.05, 4.69) is 25.9 Å². The van der Waals surface area contributed by atoms with Crippen LogP contribution in [0.4, 0.5) is 0 Å². The van der Waals surface area contributed by atoms with Crippen molar-refractivity contribution in [2.45, 2.75) is 52.5 Å². The Bertz CT molecular complexity index is 567. The van der Waals surface area contributed by atoms with Crippen molar-refractivity contribution in [1.29, 1.82) is 0 Å². The maximum Gasteiger partial charge on any atom is 0.178 e. The van der Waals surface area contributed by atoms with Crippen LogP contribution in [-0.4, -0.2) is 15.6 Å². The minimum absolute atomic E-state index is 0.171. The topological polar surface area (TPSA) is 34.9 Å². The van der Waals surface area contributed by atoms with E-state index < -0.39 is 0 Å². The van der Waals surface area contributed by atoms with Crippen molar-refractivity contribution in [3.8, 4) is 0 Å². The van der Waals surface area contributed by atoms with E-state index >= 15 is 0 Å². The van der Waals surface area contributed by atoms with Gasteiger partial charge in [0.15, 0.2) is 5.78 Å². The van der Waals surface area contributed by atoms with Gasteiger partial charge >= 0.3 is 0 Å². The van der Waals surface area contributed by atoms with Gasteiger partial charge in [0.2, 0.25) is 0 Å². The molecular weight excluding hydrogens is 268 g/mol. The van der Waals surface area contributed by atoms with Crippen LogP contribution < -0.4 is 0 Å². The van der Waals surface area contributed by atoms with Gasteiger partial charge in [-0.15, -0.1) is 11.3 Å². The minimum Gasteiger partial charge on any atom is -0.293 e. The zero-order chi connectivity index (χ0) is 14.5. The van der Waals surface area contributed by atoms with Crippen molar-refractivity contribution in [3.05, 3.63) is 39.8 Å². The number of Topliss-reactive ketones (excluding diaryl/α,β-unsaturated/α-hetero) is 1. The van der Waals surface area contributed by atoms with Gasteiger partial charge in [-0.3, -0.25) is 9.48 Å². The number of carbonyl (C=O) groups excluding carboxylic acids is 1. The molecule has 3 nitrogen and oxygen atoms in total. The second-order valence-corrected chi connectivity index (χ2v) is 6.15. The SMILES string of the molecule is CCc1ccc(C(=O)Cc2ccn(C(CC)CC)n2)s1. The van der Waals surface area contributed by atoms with Crippen LogP contribution in [0.15, 0.2) is 24.4 Å². The second-order valence-electron chi connectivity index (χ2n) is 4.98. The molecule has 0 bridgehead atoms. The van der Waals surface area contributed by atoms with E-state index in [1.54, 1.807) is 11.3 Å². The van der Waals surface area contributed by atoms with E-state index in [0.717, 1.165) is 29.8 Å². The molecule has 0 radical (unpaired) electrons. The van der Waals surface area contributed by atoms with Gasteiger partial charge in [0.1, 0.15) is 0 Å². The summed E-state index contributed by atoms with van der Waals surface area (Å²) in [6.07, 6.45) is 5.51. The fourth-order valence-corrected chi connectivity index (χ4v) is 3.19. The molecule has 0 aliphatic carbocycles. The third kappa shape index (κ3) is 3.37. The lowest BCUT2D eigenvalue weighted by Crippen LogP contribution is -2.09. The number of hydrogen-bond acceptors (Lipinski definition) is 3. The first-order valence-electron chi connectivity index (χ1n) is 7.33. The predicted molar refractivity (Wildman–Crippen MR) is 83.6 cm³/mol. The highest BCUT2D eigenvalue weighted by Crippen LogP contribution is 2.19. The molecule has 2 aromatic heterocycles. The summed E-state index contributed by atoms with van der Waals surface area (Å²) in [4.78, 5) is 14.3. The molecular formula is C16H22N2OS. The first-order chi connectivity index (χ1) is 9.67. The lowest BCUT2D eigenvalue weighted by Gasteiger charge is -2.12. The van der Waals surface area contributed by atoms with Crippen molar-refractivity contribution in [2.24, 2.45) is 0 Å². The normalized spacial score (nSPS) is 11.2. The van der Waals surface area contributed by atoms with Crippen molar-refractivity contribution >= 4 is 17.1 Å². The first-order valence-corrected chi connectivity index (χ1v) is 8.15. The molecule has 0 aliphatic heterocycles. The van der Waals surface area contributed by atoms with Crippen molar-refractivity contribution in [1.82, 2.24) is 9.78 Å². The van der Waals surface area contributed by atoms with Crippen LogP contribution in [-0.2, 0) is 12.8 Å². The molecule has 2 rings (SSSR count). The Hall–Kier alpha value is -1.42. The number of hydrogen-bond donors (Lipinski definition) is 0. The van der Waals surface area contributed by atoms with Gasteiger partial charge in [-0.2, -0.15) is 5.10 Å². The molecule has 0 unspecified atom stereocenters. The van der Waals surface area contributed by atoms with Gasteiger partial charge in [-0.25, -0.2) is 0 Å². The van der Waals surface area contributed by atoms with Gasteiger partial charge in [-0.1, -0.05) is 20.8 Å². The highest BCUT2D eigenvalue weighted by molar-refractivity contribution is 7.14. The van der Waals surface area contributed by atoms with Crippen LogP contribution >= 0.6 is 11.3 Å². The van der Waals surface area contributed by atoms with Gasteiger partial charge in [0.25, 0.3) is 0 Å². The van der Waals surface area contributed by atoms with E-state index in [9.17, 15) is 4.79 Å². The molecule has 0 fully saturated rings. The molecule has 0 N–H and O–H groups in total. The smallest absolute Gasteiger partial charge is 0.178 e. The number of aromatic nitrogens is 2. The number of aryl methyl sites for hydroxylation is 1. The highest BCUT2D eigenvalue weighted by Gasteiger charge is 2.13. The largest absolute Gasteiger partial charge is 0.293 e. The quantitative estimate of drug-likeness (QED) is 0.713. The van der Waals surface area contributed by atoms with E-state index in [-0.39, 0.29) is 5.78 Å². The number of thiophene rings is 1. The standard InChI is InChI=1S/C16H22N2OS/c1-4-13(5-2)18-10-9-12(17-18)11-15(19)16-8-7-14(6-3)20-16/h7-10,13H,4-6,11H2,1-3H3. The van der Waals surface area contributed by atoms with Crippen LogP contribution in [0.5, 0.6) is 0 Å². The summed E-state index contributed by atoms with van der Waals surface area (Å²) in [5, 5.41) is 4.55. The summed E-state index contributed by atoms with van der Waals surface area (Å²) in [6, 6.07) is 6.38. The Morgan fingerprint density at radius 3 is 2.60 bits per heavy atom. The molecule has 0 saturated heterocycles. The maximum atomic E-state index is 12.2. The fraction of sp³-hybridized carbons (Fsp3) is 0.500. The summed E-state index contributed by atoms with van der Waals surface area (Å²) in [7, 11) is 0. The molecule has 0 spiro atoms. The van der Waals surface area contributed by atoms with Crippen LogP contribution in [0.3, 0.4) is 0 Å². The average molecular weight is 290 g/mol. The maximum absolute atomic E-state index is 12.2. The van der Waals surface area contributed by atoms with Gasteiger partial charge < -0.3 is 0 Å². The third-order valence-electron chi connectivity index (χ3n) is 3.61. The van der Waals surface area contributed by atoms with E-state index in [4.69, 9.17) is 0 Å². The molecule has 108 valence electrons. The number of rotatable bonds is 7. The molecule has 0 aliphatic rings. The van der Waals surface area contributed by atoms with Crippen LogP contribution in [0.25, 0.3) is 0 Å². The Balaban J connectivity index is 2.04. The van der Waals surface area contributed by atoms with Crippen LogP contribution in [0.1, 0.15) is 59.9 Å². The fourth-order valence-electron chi connectivity index (χ4n) is 2.31. The second kappa shape index (κ2) is 6.84. The van der Waals surface area contributed by atoms with Gasteiger partial charge in [0.05, 0.1) is 23.0 Å². The summed E-state index contributed by atoms with van der Waals surface area (Å²) in [6.45, 7) is 6.44. The lowest BCUT2D eigenvalue weighted by atomic mass is 10.2. The van der Waals surface area contributed by atoms with Crippen LogP contribution in [0.2, 0.25) is 0 Å². The molecule has 2 aromatic rings. The Labute approximate surface area is 124 Å². The summed E-state index contributed by atoms with van der Waals surface area (Å²) in [5.74, 6) is 0.171. The van der Waals surface area contributed by atoms with Gasteiger partial charge in [-0.05, 0) is 37.5 Å². The Morgan fingerprint density at radius 2 is 2.00 bits per heavy atom. The van der Waals surface area contributed by atoms with Crippen molar-refractivity contribution in [2.75, 3.05) is 0 Å². The number of carbonyl (C=O) groups is 1. The molecule has 20 heavy (non-hydrogen) atoms. The minimum atomic E-state index is 0.171. The zero-order valence-electron chi connectivity index (χ0n) is 12.4. The van der Waals surface area contributed by atoms with Crippen LogP contribution in [0, 0.1) is 0 Å². The lowest BCUT2D eigenvalue weighted by molar-refractivity contribution is 0.0995. The summed E-state index contributed by atoms with van der Waals surface area (Å²) in [5.41, 5.74) is 0.869. The predicted octanol–water partition coefficient (Wildman–Crippen LogP) is 4.29. The summed E-state index contributed by atoms with van der Waals surface area (Å²) < 4.78 is 1.99. The first kappa shape index (κ1) is 15.0. The molecule has 0 atom stereocenters. The molecule has 0 saturated carbocycles. The molecule has 0 amide bonds. The van der Waals surface area contributed by atoms with Crippen molar-refractivity contribution < 1.29 is 4.79 Å². The Morgan fingerprint density at radius 1 is 1.25 bits per heavy atom. The van der Waals surface area contributed by atoms with E-state index in [1.165, 1.54) is 4.88 Å². The van der Waals surface area contributed by atoms with E-state index in [0.29, 0.717) is 12.5 Å². The highest BCUT2D eigenvalue weighted by atomic mass is 32.1. The van der Waals surface area contributed by atoms with Crippen molar-refractivity contribution in [3.63, 3.8) is 0 Å².